The van der Waals surface area contributed by atoms with Gasteiger partial charge in [0, 0.05) is 30.6 Å². The van der Waals surface area contributed by atoms with Crippen molar-refractivity contribution in [2.75, 3.05) is 13.1 Å². The number of piperidine rings is 1. The Morgan fingerprint density at radius 2 is 2.00 bits per heavy atom. The highest BCUT2D eigenvalue weighted by Crippen LogP contribution is 2.42. The lowest BCUT2D eigenvalue weighted by atomic mass is 9.82. The van der Waals surface area contributed by atoms with Crippen LogP contribution in [0.3, 0.4) is 0 Å². The molecule has 1 saturated heterocycles. The maximum absolute atomic E-state index is 13.4. The van der Waals surface area contributed by atoms with Crippen LogP contribution in [0.5, 0.6) is 5.75 Å². The van der Waals surface area contributed by atoms with Gasteiger partial charge in [-0.15, -0.1) is 0 Å². The molecule has 2 aromatic carbocycles. The van der Waals surface area contributed by atoms with E-state index in [1.165, 1.54) is 17.7 Å². The maximum atomic E-state index is 13.4. The molecule has 0 saturated carbocycles. The van der Waals surface area contributed by atoms with Crippen molar-refractivity contribution in [2.45, 2.75) is 25.2 Å². The lowest BCUT2D eigenvalue weighted by Gasteiger charge is -2.44. The number of likely N-dealkylation sites (tertiary alicyclic amines) is 1. The van der Waals surface area contributed by atoms with Crippen LogP contribution in [0.1, 0.15) is 23.7 Å². The first-order chi connectivity index (χ1) is 11.2. The van der Waals surface area contributed by atoms with Crippen LogP contribution in [-0.2, 0) is 6.54 Å². The number of ether oxygens (including phenoxy) is 1. The van der Waals surface area contributed by atoms with E-state index in [0.29, 0.717) is 11.3 Å². The van der Waals surface area contributed by atoms with Gasteiger partial charge in [0.15, 0.2) is 0 Å². The molecule has 0 aliphatic carbocycles. The van der Waals surface area contributed by atoms with Crippen LogP contribution < -0.4 is 4.74 Å². The van der Waals surface area contributed by atoms with E-state index >= 15 is 0 Å². The van der Waals surface area contributed by atoms with Gasteiger partial charge in [-0.1, -0.05) is 30.3 Å². The highest BCUT2D eigenvalue weighted by molar-refractivity contribution is 5.38. The van der Waals surface area contributed by atoms with Crippen molar-refractivity contribution in [3.8, 4) is 5.75 Å². The monoisotopic (exact) mass is 313 g/mol. The fraction of sp³-hybridized carbons (Fsp3) is 0.368. The van der Waals surface area contributed by atoms with Gasteiger partial charge in [-0.05, 0) is 30.7 Å². The zero-order chi connectivity index (χ0) is 15.8. The topological polar surface area (TPSA) is 32.7 Å². The molecular weight excluding hydrogens is 293 g/mol. The lowest BCUT2D eigenvalue weighted by Crippen LogP contribution is -2.50. The van der Waals surface area contributed by atoms with Crippen LogP contribution >= 0.6 is 0 Å². The number of aliphatic hydroxyl groups is 1. The van der Waals surface area contributed by atoms with Gasteiger partial charge in [0.05, 0.1) is 6.10 Å². The summed E-state index contributed by atoms with van der Waals surface area (Å²) < 4.78 is 19.5. The quantitative estimate of drug-likeness (QED) is 0.924. The van der Waals surface area contributed by atoms with Crippen LogP contribution in [0.15, 0.2) is 48.5 Å². The van der Waals surface area contributed by atoms with Gasteiger partial charge < -0.3 is 9.84 Å². The van der Waals surface area contributed by atoms with Crippen molar-refractivity contribution in [2.24, 2.45) is 5.92 Å². The summed E-state index contributed by atoms with van der Waals surface area (Å²) >= 11 is 0. The standard InChI is InChI=1S/C19H20FNO2/c20-14-6-7-15-17(10-14)23-18-12-21(9-8-16(18)19(15)22)11-13-4-2-1-3-5-13/h1-7,10,16,18-19,22H,8-9,11-12H2/t16-,18+,19?/m0/s1. The molecule has 0 radical (unpaired) electrons. The zero-order valence-corrected chi connectivity index (χ0v) is 12.9. The summed E-state index contributed by atoms with van der Waals surface area (Å²) in [5.41, 5.74) is 1.98. The molecule has 4 heteroatoms. The Labute approximate surface area is 135 Å². The van der Waals surface area contributed by atoms with Gasteiger partial charge in [0.1, 0.15) is 17.7 Å². The van der Waals surface area contributed by atoms with Crippen LogP contribution in [0, 0.1) is 11.7 Å². The minimum absolute atomic E-state index is 0.0833. The maximum Gasteiger partial charge on any atom is 0.128 e. The fourth-order valence-electron chi connectivity index (χ4n) is 3.72. The third-order valence-electron chi connectivity index (χ3n) is 4.92. The molecular formula is C19H20FNO2. The highest BCUT2D eigenvalue weighted by atomic mass is 19.1. The number of aliphatic hydroxyl groups excluding tert-OH is 1. The molecule has 1 fully saturated rings. The summed E-state index contributed by atoms with van der Waals surface area (Å²) in [6, 6.07) is 14.7. The minimum Gasteiger partial charge on any atom is -0.488 e. The predicted octanol–water partition coefficient (Wildman–Crippen LogP) is 3.14. The minimum atomic E-state index is -0.566. The van der Waals surface area contributed by atoms with Crippen molar-refractivity contribution in [1.29, 1.82) is 0 Å². The average molecular weight is 313 g/mol. The molecule has 0 aromatic heterocycles. The average Bonchev–Trinajstić information content (AvgIpc) is 2.55. The van der Waals surface area contributed by atoms with Crippen LogP contribution in [0.4, 0.5) is 4.39 Å². The Balaban J connectivity index is 1.51. The Morgan fingerprint density at radius 3 is 2.83 bits per heavy atom. The fourth-order valence-corrected chi connectivity index (χ4v) is 3.72. The van der Waals surface area contributed by atoms with Crippen LogP contribution in [0.25, 0.3) is 0 Å². The second-order valence-electron chi connectivity index (χ2n) is 6.46. The molecule has 1 unspecified atom stereocenters. The van der Waals surface area contributed by atoms with Crippen LogP contribution in [0.2, 0.25) is 0 Å². The molecule has 1 N–H and O–H groups in total. The molecule has 23 heavy (non-hydrogen) atoms. The second kappa shape index (κ2) is 5.95. The highest BCUT2D eigenvalue weighted by Gasteiger charge is 2.40. The SMILES string of the molecule is OC1c2ccc(F)cc2O[C@@H]2CN(Cc3ccccc3)CC[C@H]12. The molecule has 2 aliphatic heterocycles. The summed E-state index contributed by atoms with van der Waals surface area (Å²) in [5, 5.41) is 10.6. The molecule has 0 amide bonds. The Hall–Kier alpha value is -1.91. The van der Waals surface area contributed by atoms with E-state index in [0.717, 1.165) is 26.1 Å². The Bertz CT molecular complexity index is 691. The molecule has 3 atom stereocenters. The second-order valence-corrected chi connectivity index (χ2v) is 6.46. The van der Waals surface area contributed by atoms with E-state index in [1.807, 2.05) is 18.2 Å². The van der Waals surface area contributed by atoms with E-state index in [4.69, 9.17) is 4.74 Å². The van der Waals surface area contributed by atoms with E-state index in [1.54, 1.807) is 6.07 Å². The molecule has 0 spiro atoms. The number of hydrogen-bond donors (Lipinski definition) is 1. The van der Waals surface area contributed by atoms with Crippen molar-refractivity contribution in [3.05, 3.63) is 65.5 Å². The summed E-state index contributed by atoms with van der Waals surface area (Å²) in [7, 11) is 0. The van der Waals surface area contributed by atoms with Gasteiger partial charge in [0.2, 0.25) is 0 Å². The third kappa shape index (κ3) is 2.84. The van der Waals surface area contributed by atoms with Crippen molar-refractivity contribution in [1.82, 2.24) is 4.90 Å². The number of fused-ring (bicyclic) bond motifs is 2. The van der Waals surface area contributed by atoms with E-state index in [9.17, 15) is 9.50 Å². The summed E-state index contributed by atoms with van der Waals surface area (Å²) in [6.07, 6.45) is 0.232. The third-order valence-corrected chi connectivity index (χ3v) is 4.92. The number of nitrogens with zero attached hydrogens (tertiary/aromatic N) is 1. The van der Waals surface area contributed by atoms with Crippen molar-refractivity contribution >= 4 is 0 Å². The summed E-state index contributed by atoms with van der Waals surface area (Å²) in [4.78, 5) is 2.34. The normalized spacial score (nSPS) is 27.0. The molecule has 0 bridgehead atoms. The van der Waals surface area contributed by atoms with E-state index in [2.05, 4.69) is 17.0 Å². The van der Waals surface area contributed by atoms with E-state index in [-0.39, 0.29) is 17.8 Å². The molecule has 120 valence electrons. The first kappa shape index (κ1) is 14.7. The van der Waals surface area contributed by atoms with Gasteiger partial charge in [-0.3, -0.25) is 4.90 Å². The lowest BCUT2D eigenvalue weighted by molar-refractivity contribution is -0.0486. The number of benzene rings is 2. The van der Waals surface area contributed by atoms with Crippen molar-refractivity contribution < 1.29 is 14.2 Å². The molecule has 2 aliphatic rings. The molecule has 3 nitrogen and oxygen atoms in total. The summed E-state index contributed by atoms with van der Waals surface area (Å²) in [6.45, 7) is 2.57. The van der Waals surface area contributed by atoms with Crippen LogP contribution in [-0.4, -0.2) is 29.2 Å². The zero-order valence-electron chi connectivity index (χ0n) is 12.9. The molecule has 2 heterocycles. The number of rotatable bonds is 2. The number of hydrogen-bond acceptors (Lipinski definition) is 3. The first-order valence-corrected chi connectivity index (χ1v) is 8.11. The Kier molecular flexibility index (Phi) is 3.79. The van der Waals surface area contributed by atoms with Gasteiger partial charge >= 0.3 is 0 Å². The molecule has 2 aromatic rings. The van der Waals surface area contributed by atoms with Gasteiger partial charge in [-0.25, -0.2) is 4.39 Å². The van der Waals surface area contributed by atoms with Gasteiger partial charge in [-0.2, -0.15) is 0 Å². The first-order valence-electron chi connectivity index (χ1n) is 8.11. The largest absolute Gasteiger partial charge is 0.488 e. The smallest absolute Gasteiger partial charge is 0.128 e. The van der Waals surface area contributed by atoms with E-state index < -0.39 is 6.10 Å². The van der Waals surface area contributed by atoms with Crippen molar-refractivity contribution in [3.63, 3.8) is 0 Å². The summed E-state index contributed by atoms with van der Waals surface area (Å²) in [5.74, 6) is 0.242. The molecule has 4 rings (SSSR count). The Morgan fingerprint density at radius 1 is 1.17 bits per heavy atom. The number of halogens is 1. The van der Waals surface area contributed by atoms with Gasteiger partial charge in [0.25, 0.3) is 0 Å². The predicted molar refractivity (Wildman–Crippen MR) is 85.6 cm³/mol.